The van der Waals surface area contributed by atoms with Crippen LogP contribution in [-0.4, -0.2) is 4.40 Å². The number of pyridine rings is 1. The number of fused-ring (bicyclic) bond motifs is 5. The molecule has 0 aliphatic carbocycles. The number of hydrogen-bond acceptors (Lipinski definition) is 2. The van der Waals surface area contributed by atoms with E-state index in [1.807, 2.05) is 28.0 Å². The normalized spacial score (nSPS) is 12.3. The van der Waals surface area contributed by atoms with Gasteiger partial charge in [0.25, 0.3) is 5.56 Å². The summed E-state index contributed by atoms with van der Waals surface area (Å²) in [4.78, 5) is 13.1. The molecule has 0 atom stereocenters. The number of halogens is 2. The Morgan fingerprint density at radius 2 is 1.64 bits per heavy atom. The van der Waals surface area contributed by atoms with E-state index in [4.69, 9.17) is 0 Å². The molecule has 0 saturated carbocycles. The molecular formula is C17H7Br2NOS. The van der Waals surface area contributed by atoms with Gasteiger partial charge in [0.15, 0.2) is 0 Å². The number of hydrogen-bond donors (Lipinski definition) is 0. The lowest BCUT2D eigenvalue weighted by atomic mass is 10.1. The average Bonchev–Trinajstić information content (AvgIpc) is 3.08. The van der Waals surface area contributed by atoms with Crippen LogP contribution in [0.2, 0.25) is 0 Å². The van der Waals surface area contributed by atoms with Crippen LogP contribution in [0.25, 0.3) is 37.3 Å². The Bertz CT molecular complexity index is 1270. The lowest BCUT2D eigenvalue weighted by Gasteiger charge is -2.07. The van der Waals surface area contributed by atoms with Crippen LogP contribution in [0, 0.1) is 0 Å². The van der Waals surface area contributed by atoms with Crippen molar-refractivity contribution in [1.82, 2.24) is 4.40 Å². The third-order valence-corrected chi connectivity index (χ3v) is 6.95. The van der Waals surface area contributed by atoms with Crippen molar-refractivity contribution in [2.24, 2.45) is 0 Å². The van der Waals surface area contributed by atoms with Gasteiger partial charge in [0.05, 0.1) is 15.7 Å². The summed E-state index contributed by atoms with van der Waals surface area (Å²) in [6, 6.07) is 12.2. The average molecular weight is 433 g/mol. The quantitative estimate of drug-likeness (QED) is 0.284. The van der Waals surface area contributed by atoms with Gasteiger partial charge in [0, 0.05) is 25.1 Å². The van der Waals surface area contributed by atoms with E-state index in [1.165, 1.54) is 4.70 Å². The predicted molar refractivity (Wildman–Crippen MR) is 101 cm³/mol. The molecule has 0 fully saturated rings. The number of aromatic nitrogens is 1. The van der Waals surface area contributed by atoms with Crippen molar-refractivity contribution in [2.45, 2.75) is 0 Å². The summed E-state index contributed by atoms with van der Waals surface area (Å²) in [5.74, 6) is 0. The Labute approximate surface area is 145 Å². The zero-order valence-electron chi connectivity index (χ0n) is 11.1. The zero-order valence-corrected chi connectivity index (χ0v) is 15.0. The van der Waals surface area contributed by atoms with Crippen LogP contribution in [0.3, 0.4) is 0 Å². The highest BCUT2D eigenvalue weighted by atomic mass is 79.9. The van der Waals surface area contributed by atoms with Crippen molar-refractivity contribution in [2.75, 3.05) is 0 Å². The summed E-state index contributed by atoms with van der Waals surface area (Å²) in [6.45, 7) is 0. The minimum Gasteiger partial charge on any atom is -0.274 e. The zero-order chi connectivity index (χ0) is 15.0. The summed E-state index contributed by atoms with van der Waals surface area (Å²) in [5.41, 5.74) is 2.07. The third kappa shape index (κ3) is 1.46. The Balaban J connectivity index is 2.27. The van der Waals surface area contributed by atoms with E-state index in [2.05, 4.69) is 50.1 Å². The number of rotatable bonds is 0. The lowest BCUT2D eigenvalue weighted by molar-refractivity contribution is 1.21. The monoisotopic (exact) mass is 431 g/mol. The smallest absolute Gasteiger partial charge is 0.263 e. The van der Waals surface area contributed by atoms with Gasteiger partial charge in [-0.2, -0.15) is 0 Å². The third-order valence-electron chi connectivity index (χ3n) is 4.17. The van der Waals surface area contributed by atoms with Crippen molar-refractivity contribution in [3.63, 3.8) is 0 Å². The van der Waals surface area contributed by atoms with Gasteiger partial charge in [0.1, 0.15) is 0 Å². The molecule has 22 heavy (non-hydrogen) atoms. The van der Waals surface area contributed by atoms with Crippen LogP contribution in [0.15, 0.2) is 55.5 Å². The molecule has 0 radical (unpaired) electrons. The molecule has 0 spiro atoms. The van der Waals surface area contributed by atoms with Crippen molar-refractivity contribution in [3.8, 4) is 0 Å². The van der Waals surface area contributed by atoms with Gasteiger partial charge in [0.2, 0.25) is 0 Å². The van der Waals surface area contributed by atoms with Gasteiger partial charge < -0.3 is 0 Å². The maximum Gasteiger partial charge on any atom is 0.263 e. The second-order valence-electron chi connectivity index (χ2n) is 5.29. The predicted octanol–water partition coefficient (Wildman–Crippen LogP) is 5.78. The SMILES string of the molecule is O=c1c2cc(Br)c(Br)cc2c2cccc3c4sccc4n1c23. The number of benzene rings is 2. The highest BCUT2D eigenvalue weighted by molar-refractivity contribution is 9.13. The molecule has 0 unspecified atom stereocenters. The minimum absolute atomic E-state index is 0.0419. The molecule has 0 saturated heterocycles. The van der Waals surface area contributed by atoms with Gasteiger partial charge in [-0.3, -0.25) is 9.20 Å². The first-order valence-corrected chi connectivity index (χ1v) is 9.18. The van der Waals surface area contributed by atoms with Gasteiger partial charge in [-0.1, -0.05) is 18.2 Å². The maximum atomic E-state index is 13.1. The topological polar surface area (TPSA) is 21.5 Å². The molecule has 2 nitrogen and oxygen atoms in total. The fourth-order valence-corrected chi connectivity index (χ4v) is 4.86. The largest absolute Gasteiger partial charge is 0.274 e. The van der Waals surface area contributed by atoms with Crippen molar-refractivity contribution >= 4 is 80.5 Å². The van der Waals surface area contributed by atoms with Gasteiger partial charge in [-0.05, 0) is 60.8 Å². The first kappa shape index (κ1) is 13.0. The van der Waals surface area contributed by atoms with Crippen LogP contribution in [-0.2, 0) is 0 Å². The van der Waals surface area contributed by atoms with E-state index in [0.717, 1.165) is 41.5 Å². The Morgan fingerprint density at radius 3 is 2.45 bits per heavy atom. The van der Waals surface area contributed by atoms with Crippen molar-refractivity contribution < 1.29 is 0 Å². The van der Waals surface area contributed by atoms with E-state index in [-0.39, 0.29) is 5.56 Å². The summed E-state index contributed by atoms with van der Waals surface area (Å²) in [5, 5.41) is 6.03. The van der Waals surface area contributed by atoms with Crippen LogP contribution in [0.4, 0.5) is 0 Å². The molecule has 2 aromatic carbocycles. The van der Waals surface area contributed by atoms with Gasteiger partial charge in [-0.25, -0.2) is 0 Å². The van der Waals surface area contributed by atoms with E-state index >= 15 is 0 Å². The van der Waals surface area contributed by atoms with Crippen LogP contribution < -0.4 is 5.56 Å². The molecule has 5 heteroatoms. The molecule has 0 amide bonds. The van der Waals surface area contributed by atoms with Crippen LogP contribution >= 0.6 is 43.2 Å². The van der Waals surface area contributed by atoms with Crippen LogP contribution in [0.1, 0.15) is 0 Å². The summed E-state index contributed by atoms with van der Waals surface area (Å²) in [7, 11) is 0. The molecule has 106 valence electrons. The summed E-state index contributed by atoms with van der Waals surface area (Å²) < 4.78 is 4.89. The molecule has 0 aliphatic heterocycles. The van der Waals surface area contributed by atoms with Crippen molar-refractivity contribution in [1.29, 1.82) is 0 Å². The molecule has 0 aliphatic rings. The Hall–Kier alpha value is -1.43. The number of nitrogens with zero attached hydrogens (tertiary/aromatic N) is 1. The molecule has 3 aromatic heterocycles. The molecular weight excluding hydrogens is 426 g/mol. The highest BCUT2D eigenvalue weighted by Gasteiger charge is 2.18. The summed E-state index contributed by atoms with van der Waals surface area (Å²) >= 11 is 8.74. The van der Waals surface area contributed by atoms with Crippen molar-refractivity contribution in [3.05, 3.63) is 61.1 Å². The molecule has 5 rings (SSSR count). The maximum absolute atomic E-state index is 13.1. The first-order valence-electron chi connectivity index (χ1n) is 6.71. The standard InChI is InChI=1S/C17H7Br2NOS/c18-12-6-10-8-2-1-3-9-15(8)20(14-4-5-22-16(9)14)17(21)11(10)7-13(12)19/h1-7H. The first-order chi connectivity index (χ1) is 10.7. The van der Waals surface area contributed by atoms with E-state index in [0.29, 0.717) is 0 Å². The number of para-hydroxylation sites is 1. The second-order valence-corrected chi connectivity index (χ2v) is 7.91. The molecule has 3 heterocycles. The summed E-state index contributed by atoms with van der Waals surface area (Å²) in [6.07, 6.45) is 0. The van der Waals surface area contributed by atoms with E-state index < -0.39 is 0 Å². The fourth-order valence-electron chi connectivity index (χ4n) is 3.26. The molecule has 0 N–H and O–H groups in total. The Morgan fingerprint density at radius 1 is 0.909 bits per heavy atom. The highest BCUT2D eigenvalue weighted by Crippen LogP contribution is 2.38. The minimum atomic E-state index is 0.0419. The Kier molecular flexibility index (Phi) is 2.56. The lowest BCUT2D eigenvalue weighted by Crippen LogP contribution is -2.12. The second kappa shape index (κ2) is 4.31. The molecule has 0 bridgehead atoms. The van der Waals surface area contributed by atoms with Crippen LogP contribution in [0.5, 0.6) is 0 Å². The van der Waals surface area contributed by atoms with E-state index in [1.54, 1.807) is 11.3 Å². The molecule has 5 aromatic rings. The van der Waals surface area contributed by atoms with Gasteiger partial charge >= 0.3 is 0 Å². The fraction of sp³-hybridized carbons (Fsp3) is 0. The van der Waals surface area contributed by atoms with E-state index in [9.17, 15) is 4.79 Å². The van der Waals surface area contributed by atoms with Gasteiger partial charge in [-0.15, -0.1) is 11.3 Å². The number of thiophene rings is 1.